The van der Waals surface area contributed by atoms with E-state index in [1.807, 2.05) is 42.5 Å². The second kappa shape index (κ2) is 6.31. The van der Waals surface area contributed by atoms with E-state index >= 15 is 0 Å². The molecule has 1 aliphatic rings. The van der Waals surface area contributed by atoms with Crippen molar-refractivity contribution >= 4 is 33.2 Å². The first-order chi connectivity index (χ1) is 10.2. The number of amides is 1. The summed E-state index contributed by atoms with van der Waals surface area (Å²) < 4.78 is 1.10. The van der Waals surface area contributed by atoms with Gasteiger partial charge < -0.3 is 10.6 Å². The predicted molar refractivity (Wildman–Crippen MR) is 89.3 cm³/mol. The van der Waals surface area contributed by atoms with Gasteiger partial charge in [-0.05, 0) is 48.7 Å². The van der Waals surface area contributed by atoms with E-state index < -0.39 is 0 Å². The monoisotopic (exact) mass is 344 g/mol. The fourth-order valence-electron chi connectivity index (χ4n) is 2.10. The Balaban J connectivity index is 1.56. The quantitative estimate of drug-likeness (QED) is 0.843. The van der Waals surface area contributed by atoms with Crippen molar-refractivity contribution in [3.05, 3.63) is 58.6 Å². The number of halogens is 1. The van der Waals surface area contributed by atoms with Crippen LogP contribution in [0.3, 0.4) is 0 Å². The maximum Gasteiger partial charge on any atom is 0.227 e. The molecule has 0 spiro atoms. The van der Waals surface area contributed by atoms with Gasteiger partial charge in [-0.3, -0.25) is 4.79 Å². The number of hydrogen-bond acceptors (Lipinski definition) is 2. The Labute approximate surface area is 132 Å². The van der Waals surface area contributed by atoms with Gasteiger partial charge in [0.1, 0.15) is 0 Å². The maximum absolute atomic E-state index is 11.7. The van der Waals surface area contributed by atoms with Crippen LogP contribution in [-0.4, -0.2) is 5.91 Å². The van der Waals surface area contributed by atoms with E-state index in [1.165, 1.54) is 5.56 Å². The topological polar surface area (TPSA) is 41.1 Å². The number of carbonyl (C=O) groups is 1. The van der Waals surface area contributed by atoms with Gasteiger partial charge in [0.15, 0.2) is 0 Å². The van der Waals surface area contributed by atoms with E-state index in [-0.39, 0.29) is 11.8 Å². The molecular weight excluding hydrogens is 328 g/mol. The van der Waals surface area contributed by atoms with Crippen LogP contribution < -0.4 is 10.6 Å². The van der Waals surface area contributed by atoms with Crippen molar-refractivity contribution < 1.29 is 4.79 Å². The molecule has 1 fully saturated rings. The fourth-order valence-corrected chi connectivity index (χ4v) is 2.53. The van der Waals surface area contributed by atoms with Crippen molar-refractivity contribution in [2.45, 2.75) is 19.4 Å². The molecule has 2 N–H and O–H groups in total. The molecule has 4 heteroatoms. The molecule has 0 aromatic heterocycles. The van der Waals surface area contributed by atoms with Crippen LogP contribution in [0.2, 0.25) is 0 Å². The number of nitrogens with one attached hydrogen (secondary N) is 2. The zero-order valence-corrected chi connectivity index (χ0v) is 13.2. The smallest absolute Gasteiger partial charge is 0.227 e. The Morgan fingerprint density at radius 2 is 1.71 bits per heavy atom. The van der Waals surface area contributed by atoms with E-state index in [2.05, 4.69) is 32.6 Å². The average molecular weight is 345 g/mol. The number of rotatable bonds is 5. The van der Waals surface area contributed by atoms with Crippen molar-refractivity contribution in [2.75, 3.05) is 10.6 Å². The Morgan fingerprint density at radius 3 is 2.38 bits per heavy atom. The lowest BCUT2D eigenvalue weighted by Gasteiger charge is -2.09. The lowest BCUT2D eigenvalue weighted by molar-refractivity contribution is -0.117. The van der Waals surface area contributed by atoms with Gasteiger partial charge >= 0.3 is 0 Å². The van der Waals surface area contributed by atoms with Crippen LogP contribution in [0.5, 0.6) is 0 Å². The number of benzene rings is 2. The van der Waals surface area contributed by atoms with Crippen LogP contribution in [0.4, 0.5) is 11.4 Å². The molecule has 0 aliphatic heterocycles. The third-order valence-corrected chi connectivity index (χ3v) is 4.31. The summed E-state index contributed by atoms with van der Waals surface area (Å²) in [6, 6.07) is 16.0. The van der Waals surface area contributed by atoms with Gasteiger partial charge in [-0.25, -0.2) is 0 Å². The molecule has 3 nitrogen and oxygen atoms in total. The minimum Gasteiger partial charge on any atom is -0.381 e. The van der Waals surface area contributed by atoms with E-state index in [4.69, 9.17) is 0 Å². The highest BCUT2D eigenvalue weighted by molar-refractivity contribution is 9.10. The van der Waals surface area contributed by atoms with Gasteiger partial charge in [-0.15, -0.1) is 0 Å². The molecule has 0 saturated heterocycles. The molecule has 3 rings (SSSR count). The van der Waals surface area contributed by atoms with Crippen molar-refractivity contribution in [3.63, 3.8) is 0 Å². The van der Waals surface area contributed by atoms with Gasteiger partial charge in [0.05, 0.1) is 0 Å². The molecule has 0 atom stereocenters. The summed E-state index contributed by atoms with van der Waals surface area (Å²) >= 11 is 3.54. The minimum atomic E-state index is 0.143. The Hall–Kier alpha value is -1.81. The summed E-state index contributed by atoms with van der Waals surface area (Å²) in [4.78, 5) is 11.7. The molecule has 21 heavy (non-hydrogen) atoms. The van der Waals surface area contributed by atoms with Crippen molar-refractivity contribution in [2.24, 2.45) is 5.92 Å². The van der Waals surface area contributed by atoms with Crippen LogP contribution in [0, 0.1) is 5.92 Å². The van der Waals surface area contributed by atoms with Crippen LogP contribution in [-0.2, 0) is 11.3 Å². The molecule has 0 bridgehead atoms. The van der Waals surface area contributed by atoms with Crippen molar-refractivity contribution in [1.82, 2.24) is 0 Å². The lowest BCUT2D eigenvalue weighted by atomic mass is 10.2. The van der Waals surface area contributed by atoms with Gasteiger partial charge in [-0.1, -0.05) is 34.1 Å². The van der Waals surface area contributed by atoms with E-state index in [0.717, 1.165) is 35.2 Å². The summed E-state index contributed by atoms with van der Waals surface area (Å²) in [5.74, 6) is 0.377. The Bertz CT molecular complexity index is 635. The third kappa shape index (κ3) is 3.85. The number of hydrogen-bond donors (Lipinski definition) is 2. The third-order valence-electron chi connectivity index (χ3n) is 3.54. The standard InChI is InChI=1S/C17H17BrN2O/c18-16-4-2-1-3-13(16)11-19-14-7-9-15(10-8-14)20-17(21)12-5-6-12/h1-4,7-10,12,19H,5-6,11H2,(H,20,21). The lowest BCUT2D eigenvalue weighted by Crippen LogP contribution is -2.13. The second-order valence-corrected chi connectivity index (χ2v) is 6.14. The highest BCUT2D eigenvalue weighted by Crippen LogP contribution is 2.30. The van der Waals surface area contributed by atoms with Gasteiger partial charge in [-0.2, -0.15) is 0 Å². The fraction of sp³-hybridized carbons (Fsp3) is 0.235. The average Bonchev–Trinajstić information content (AvgIpc) is 3.33. The van der Waals surface area contributed by atoms with Crippen LogP contribution in [0.25, 0.3) is 0 Å². The summed E-state index contributed by atoms with van der Waals surface area (Å²) in [6.07, 6.45) is 2.05. The molecule has 0 radical (unpaired) electrons. The molecular formula is C17H17BrN2O. The first kappa shape index (κ1) is 14.1. The largest absolute Gasteiger partial charge is 0.381 e. The minimum absolute atomic E-state index is 0.143. The van der Waals surface area contributed by atoms with E-state index in [0.29, 0.717) is 0 Å². The Morgan fingerprint density at radius 1 is 1.05 bits per heavy atom. The van der Waals surface area contributed by atoms with Crippen LogP contribution in [0.15, 0.2) is 53.0 Å². The van der Waals surface area contributed by atoms with Gasteiger partial charge in [0.2, 0.25) is 5.91 Å². The van der Waals surface area contributed by atoms with Gasteiger partial charge in [0, 0.05) is 28.3 Å². The first-order valence-corrected chi connectivity index (χ1v) is 7.90. The molecule has 0 heterocycles. The van der Waals surface area contributed by atoms with Crippen LogP contribution >= 0.6 is 15.9 Å². The van der Waals surface area contributed by atoms with Crippen molar-refractivity contribution in [1.29, 1.82) is 0 Å². The van der Waals surface area contributed by atoms with Crippen molar-refractivity contribution in [3.8, 4) is 0 Å². The molecule has 1 saturated carbocycles. The molecule has 2 aromatic rings. The first-order valence-electron chi connectivity index (χ1n) is 7.10. The number of carbonyl (C=O) groups excluding carboxylic acids is 1. The SMILES string of the molecule is O=C(Nc1ccc(NCc2ccccc2Br)cc1)C1CC1. The zero-order chi connectivity index (χ0) is 14.7. The number of anilines is 2. The summed E-state index contributed by atoms with van der Waals surface area (Å²) in [5.41, 5.74) is 3.11. The molecule has 108 valence electrons. The maximum atomic E-state index is 11.7. The zero-order valence-electron chi connectivity index (χ0n) is 11.6. The van der Waals surface area contributed by atoms with E-state index in [1.54, 1.807) is 0 Å². The Kier molecular flexibility index (Phi) is 4.25. The van der Waals surface area contributed by atoms with Crippen LogP contribution in [0.1, 0.15) is 18.4 Å². The molecule has 0 unspecified atom stereocenters. The summed E-state index contributed by atoms with van der Waals surface area (Å²) in [6.45, 7) is 0.759. The van der Waals surface area contributed by atoms with Gasteiger partial charge in [0.25, 0.3) is 0 Å². The highest BCUT2D eigenvalue weighted by atomic mass is 79.9. The second-order valence-electron chi connectivity index (χ2n) is 5.29. The molecule has 1 aliphatic carbocycles. The summed E-state index contributed by atoms with van der Waals surface area (Å²) in [7, 11) is 0. The normalized spacial score (nSPS) is 13.8. The predicted octanol–water partition coefficient (Wildman–Crippen LogP) is 4.41. The van der Waals surface area contributed by atoms with E-state index in [9.17, 15) is 4.79 Å². The highest BCUT2D eigenvalue weighted by Gasteiger charge is 2.29. The summed E-state index contributed by atoms with van der Waals surface area (Å²) in [5, 5.41) is 6.31. The molecule has 1 amide bonds. The molecule has 2 aromatic carbocycles.